The molecule has 1 fully saturated rings. The predicted octanol–water partition coefficient (Wildman–Crippen LogP) is 0.268. The first-order chi connectivity index (χ1) is 16.1. The Morgan fingerprint density at radius 3 is 2.59 bits per heavy atom. The van der Waals surface area contributed by atoms with Crippen molar-refractivity contribution >= 4 is 41.6 Å². The molecule has 0 unspecified atom stereocenters. The van der Waals surface area contributed by atoms with Crippen LogP contribution in [0.3, 0.4) is 0 Å². The normalized spacial score (nSPS) is 13.9. The molecule has 4 N–H and O–H groups in total. The van der Waals surface area contributed by atoms with E-state index in [1.165, 1.54) is 23.8 Å². The molecule has 4 rings (SSSR count). The molecule has 11 heteroatoms. The van der Waals surface area contributed by atoms with E-state index in [0.29, 0.717) is 5.46 Å². The molecule has 0 bridgehead atoms. The van der Waals surface area contributed by atoms with Crippen molar-refractivity contribution in [1.29, 1.82) is 0 Å². The number of ether oxygens (including phenoxy) is 1. The minimum absolute atomic E-state index is 0.0162. The number of esters is 1. The number of halogens is 2. The van der Waals surface area contributed by atoms with Gasteiger partial charge in [0.25, 0.3) is 0 Å². The molecule has 1 aliphatic rings. The Morgan fingerprint density at radius 1 is 1.32 bits per heavy atom. The second kappa shape index (κ2) is 8.73. The molecule has 0 aliphatic carbocycles. The van der Waals surface area contributed by atoms with Crippen molar-refractivity contribution in [1.82, 2.24) is 4.57 Å². The number of nitrogens with zero attached hydrogens (tertiary/aromatic N) is 2. The summed E-state index contributed by atoms with van der Waals surface area (Å²) in [6.07, 6.45) is 0.647. The first-order valence-electron chi connectivity index (χ1n) is 10.8. The van der Waals surface area contributed by atoms with E-state index in [9.17, 15) is 24.2 Å². The molecule has 3 aromatic rings. The van der Waals surface area contributed by atoms with Gasteiger partial charge in [-0.25, -0.2) is 13.6 Å². The van der Waals surface area contributed by atoms with Crippen LogP contribution in [0.1, 0.15) is 28.4 Å². The van der Waals surface area contributed by atoms with E-state index in [-0.39, 0.29) is 64.4 Å². The zero-order chi connectivity index (χ0) is 24.9. The number of aryl methyl sites for hydroxylation is 1. The molecule has 8 nitrogen and oxygen atoms in total. The predicted molar refractivity (Wildman–Crippen MR) is 127 cm³/mol. The molecule has 34 heavy (non-hydrogen) atoms. The van der Waals surface area contributed by atoms with Crippen LogP contribution in [0, 0.1) is 18.6 Å². The molecule has 2 heterocycles. The van der Waals surface area contributed by atoms with Gasteiger partial charge in [-0.1, -0.05) is 0 Å². The van der Waals surface area contributed by atoms with Gasteiger partial charge in [0, 0.05) is 30.4 Å². The van der Waals surface area contributed by atoms with Crippen LogP contribution in [0.4, 0.5) is 20.2 Å². The Hall–Kier alpha value is -3.44. The van der Waals surface area contributed by atoms with E-state index in [1.54, 1.807) is 19.7 Å². The number of carbonyl (C=O) groups is 1. The molecule has 0 radical (unpaired) electrons. The summed E-state index contributed by atoms with van der Waals surface area (Å²) in [6.45, 7) is 2.93. The van der Waals surface area contributed by atoms with Crippen LogP contribution in [-0.2, 0) is 11.3 Å². The summed E-state index contributed by atoms with van der Waals surface area (Å²) in [6, 6.07) is 2.35. The van der Waals surface area contributed by atoms with E-state index in [0.717, 1.165) is 6.07 Å². The van der Waals surface area contributed by atoms with Gasteiger partial charge < -0.3 is 30.2 Å². The molecule has 0 saturated carbocycles. The lowest BCUT2D eigenvalue weighted by molar-refractivity contribution is 0.0524. The fraction of sp³-hybridized carbons (Fsp3) is 0.304. The van der Waals surface area contributed by atoms with Crippen molar-refractivity contribution in [2.45, 2.75) is 26.6 Å². The van der Waals surface area contributed by atoms with Crippen LogP contribution in [0.2, 0.25) is 0 Å². The topological polar surface area (TPSA) is 118 Å². The second-order valence-corrected chi connectivity index (χ2v) is 8.32. The van der Waals surface area contributed by atoms with Gasteiger partial charge >= 0.3 is 5.97 Å². The minimum Gasteiger partial charge on any atom is -0.462 e. The lowest BCUT2D eigenvalue weighted by Crippen LogP contribution is -2.53. The van der Waals surface area contributed by atoms with E-state index in [1.807, 2.05) is 0 Å². The summed E-state index contributed by atoms with van der Waals surface area (Å²) in [5.41, 5.74) is 5.80. The van der Waals surface area contributed by atoms with Crippen molar-refractivity contribution in [2.24, 2.45) is 0 Å². The SMILES string of the molecule is Bc1c(N2CC(O)C2)c(F)c(C)c2c(=O)c(C(=O)OCC)cn(-c3cc(N)c(F)cc3CO)c12. The number of aliphatic hydroxyl groups excluding tert-OH is 2. The average Bonchev–Trinajstić information content (AvgIpc) is 2.77. The molecular formula is C23H24BF2N3O5. The Labute approximate surface area is 194 Å². The highest BCUT2D eigenvalue weighted by molar-refractivity contribution is 6.42. The number of benzene rings is 2. The third-order valence-corrected chi connectivity index (χ3v) is 6.13. The van der Waals surface area contributed by atoms with Crippen molar-refractivity contribution in [2.75, 3.05) is 30.3 Å². The number of nitrogen functional groups attached to an aromatic ring is 1. The molecule has 0 atom stereocenters. The smallest absolute Gasteiger partial charge is 0.343 e. The van der Waals surface area contributed by atoms with E-state index in [2.05, 4.69) is 0 Å². The van der Waals surface area contributed by atoms with E-state index >= 15 is 4.39 Å². The van der Waals surface area contributed by atoms with Gasteiger partial charge in [-0.3, -0.25) is 4.79 Å². The van der Waals surface area contributed by atoms with Gasteiger partial charge in [-0.05, 0) is 31.4 Å². The van der Waals surface area contributed by atoms with Gasteiger partial charge in [0.1, 0.15) is 25.0 Å². The fourth-order valence-corrected chi connectivity index (χ4v) is 4.42. The maximum Gasteiger partial charge on any atom is 0.343 e. The lowest BCUT2D eigenvalue weighted by atomic mass is 9.86. The number of β-amino-alcohol motifs (C(OH)–C–C–N with tert-alkyl or cyclic N) is 1. The third-order valence-electron chi connectivity index (χ3n) is 6.13. The Balaban J connectivity index is 2.18. The highest BCUT2D eigenvalue weighted by atomic mass is 19.1. The minimum atomic E-state index is -0.892. The fourth-order valence-electron chi connectivity index (χ4n) is 4.42. The number of hydrogen-bond donors (Lipinski definition) is 3. The summed E-state index contributed by atoms with van der Waals surface area (Å²) in [5, 5.41) is 19.6. The zero-order valence-electron chi connectivity index (χ0n) is 19.0. The number of hydrogen-bond acceptors (Lipinski definition) is 7. The van der Waals surface area contributed by atoms with Crippen LogP contribution in [0.25, 0.3) is 16.6 Å². The van der Waals surface area contributed by atoms with Crippen LogP contribution in [-0.4, -0.2) is 54.4 Å². The maximum absolute atomic E-state index is 15.6. The van der Waals surface area contributed by atoms with Gasteiger partial charge in [-0.2, -0.15) is 0 Å². The monoisotopic (exact) mass is 471 g/mol. The van der Waals surface area contributed by atoms with Crippen LogP contribution in [0.5, 0.6) is 0 Å². The molecule has 2 aromatic carbocycles. The Morgan fingerprint density at radius 2 is 2.00 bits per heavy atom. The van der Waals surface area contributed by atoms with Crippen molar-refractivity contribution in [3.63, 3.8) is 0 Å². The summed E-state index contributed by atoms with van der Waals surface area (Å²) in [7, 11) is 1.62. The molecule has 1 aliphatic heterocycles. The summed E-state index contributed by atoms with van der Waals surface area (Å²) in [5.74, 6) is -2.27. The largest absolute Gasteiger partial charge is 0.462 e. The molecule has 0 spiro atoms. The second-order valence-electron chi connectivity index (χ2n) is 8.32. The van der Waals surface area contributed by atoms with Crippen molar-refractivity contribution in [3.8, 4) is 5.69 Å². The van der Waals surface area contributed by atoms with Gasteiger partial charge in [0.05, 0.1) is 47.3 Å². The highest BCUT2D eigenvalue weighted by Crippen LogP contribution is 2.32. The first-order valence-corrected chi connectivity index (χ1v) is 10.8. The number of rotatable bonds is 5. The maximum atomic E-state index is 15.6. The average molecular weight is 471 g/mol. The van der Waals surface area contributed by atoms with Gasteiger partial charge in [0.2, 0.25) is 5.43 Å². The summed E-state index contributed by atoms with van der Waals surface area (Å²) < 4.78 is 36.2. The molecule has 1 aromatic heterocycles. The number of aliphatic hydroxyl groups is 2. The quantitative estimate of drug-likeness (QED) is 0.278. The zero-order valence-corrected chi connectivity index (χ0v) is 19.0. The summed E-state index contributed by atoms with van der Waals surface area (Å²) in [4.78, 5) is 27.6. The summed E-state index contributed by atoms with van der Waals surface area (Å²) >= 11 is 0. The molecule has 0 amide bonds. The van der Waals surface area contributed by atoms with Crippen LogP contribution in [0.15, 0.2) is 23.1 Å². The number of aromatic nitrogens is 1. The molecule has 178 valence electrons. The number of anilines is 2. The van der Waals surface area contributed by atoms with Crippen LogP contribution >= 0.6 is 0 Å². The Kier molecular flexibility index (Phi) is 6.09. The molecule has 1 saturated heterocycles. The van der Waals surface area contributed by atoms with Gasteiger partial charge in [-0.15, -0.1) is 0 Å². The molecular weight excluding hydrogens is 447 g/mol. The highest BCUT2D eigenvalue weighted by Gasteiger charge is 2.32. The van der Waals surface area contributed by atoms with E-state index < -0.39 is 35.7 Å². The van der Waals surface area contributed by atoms with Crippen molar-refractivity contribution < 1.29 is 28.5 Å². The standard InChI is InChI=1S/C23H24BF2N3O5/c1-3-34-23(33)13-8-29(16-5-15(27)14(25)4-11(16)9-30)20-17(22(13)32)10(2)19(26)21(18(20)24)28-6-12(31)7-28/h4-5,8,12,30-31H,3,6-7,9,24,27H2,1-2H3. The number of carbonyl (C=O) groups excluding carboxylic acids is 1. The van der Waals surface area contributed by atoms with Crippen LogP contribution < -0.4 is 21.5 Å². The third kappa shape index (κ3) is 3.61. The first kappa shape index (κ1) is 23.7. The Bertz CT molecular complexity index is 1390. The van der Waals surface area contributed by atoms with Gasteiger partial charge in [0.15, 0.2) is 0 Å². The lowest BCUT2D eigenvalue weighted by Gasteiger charge is -2.39. The van der Waals surface area contributed by atoms with Crippen molar-refractivity contribution in [3.05, 3.63) is 56.9 Å². The number of nitrogens with two attached hydrogens (primary N) is 1. The number of fused-ring (bicyclic) bond motifs is 1. The number of pyridine rings is 1. The van der Waals surface area contributed by atoms with E-state index in [4.69, 9.17) is 10.5 Å².